The minimum Gasteiger partial charge on any atom is -0.321 e. The van der Waals surface area contributed by atoms with E-state index in [4.69, 9.17) is 5.73 Å². The smallest absolute Gasteiger partial charge is 0.149 e. The highest BCUT2D eigenvalue weighted by Gasteiger charge is 2.12. The molecule has 2 N–H and O–H groups in total. The second-order valence-electron chi connectivity index (χ2n) is 3.20. The van der Waals surface area contributed by atoms with Crippen LogP contribution in [0.2, 0.25) is 0 Å². The predicted octanol–water partition coefficient (Wildman–Crippen LogP) is 1.27. The van der Waals surface area contributed by atoms with Gasteiger partial charge < -0.3 is 10.3 Å². The molecule has 0 spiro atoms. The van der Waals surface area contributed by atoms with Gasteiger partial charge in [0.25, 0.3) is 0 Å². The van der Waals surface area contributed by atoms with Gasteiger partial charge in [0, 0.05) is 6.04 Å². The van der Waals surface area contributed by atoms with Gasteiger partial charge in [0.2, 0.25) is 0 Å². The van der Waals surface area contributed by atoms with E-state index in [-0.39, 0.29) is 6.04 Å². The molecule has 1 rings (SSSR count). The van der Waals surface area contributed by atoms with Crippen LogP contribution >= 0.6 is 0 Å². The van der Waals surface area contributed by atoms with E-state index in [9.17, 15) is 0 Å². The first kappa shape index (κ1) is 9.19. The lowest BCUT2D eigenvalue weighted by molar-refractivity contribution is 0.523. The van der Waals surface area contributed by atoms with Gasteiger partial charge in [0.05, 0.1) is 6.04 Å². The van der Waals surface area contributed by atoms with Crippen LogP contribution in [0.15, 0.2) is 6.33 Å². The molecule has 0 saturated heterocycles. The molecule has 1 unspecified atom stereocenters. The summed E-state index contributed by atoms with van der Waals surface area (Å²) in [5.41, 5.74) is 5.85. The van der Waals surface area contributed by atoms with Gasteiger partial charge in [-0.2, -0.15) is 0 Å². The molecule has 1 atom stereocenters. The minimum absolute atomic E-state index is 0.00917. The third-order valence-corrected chi connectivity index (χ3v) is 1.93. The maximum atomic E-state index is 5.85. The Morgan fingerprint density at radius 1 is 1.58 bits per heavy atom. The van der Waals surface area contributed by atoms with Crippen LogP contribution in [0, 0.1) is 0 Å². The van der Waals surface area contributed by atoms with E-state index in [1.807, 2.05) is 11.5 Å². The molecule has 0 aliphatic heterocycles. The normalized spacial score (nSPS) is 13.8. The minimum atomic E-state index is 0.00917. The molecule has 0 radical (unpaired) electrons. The average molecular weight is 168 g/mol. The van der Waals surface area contributed by atoms with Crippen molar-refractivity contribution in [3.8, 4) is 0 Å². The van der Waals surface area contributed by atoms with E-state index < -0.39 is 0 Å². The number of rotatable bonds is 3. The topological polar surface area (TPSA) is 56.7 Å². The van der Waals surface area contributed by atoms with E-state index in [0.29, 0.717) is 6.04 Å². The van der Waals surface area contributed by atoms with Crippen LogP contribution < -0.4 is 5.73 Å². The molecule has 4 nitrogen and oxygen atoms in total. The van der Waals surface area contributed by atoms with Crippen LogP contribution in [0.5, 0.6) is 0 Å². The zero-order chi connectivity index (χ0) is 9.14. The van der Waals surface area contributed by atoms with Crippen molar-refractivity contribution in [2.45, 2.75) is 39.3 Å². The molecule has 1 aromatic rings. The summed E-state index contributed by atoms with van der Waals surface area (Å²) in [5, 5.41) is 7.84. The van der Waals surface area contributed by atoms with Crippen LogP contribution in [-0.2, 0) is 0 Å². The zero-order valence-electron chi connectivity index (χ0n) is 7.86. The Morgan fingerprint density at radius 2 is 2.25 bits per heavy atom. The summed E-state index contributed by atoms with van der Waals surface area (Å²) in [6.07, 6.45) is 2.63. The average Bonchev–Trinajstić information content (AvgIpc) is 2.50. The van der Waals surface area contributed by atoms with Gasteiger partial charge in [0.15, 0.2) is 0 Å². The van der Waals surface area contributed by atoms with Crippen molar-refractivity contribution in [1.29, 1.82) is 0 Å². The van der Waals surface area contributed by atoms with Gasteiger partial charge >= 0.3 is 0 Å². The van der Waals surface area contributed by atoms with E-state index in [2.05, 4.69) is 24.0 Å². The molecule has 68 valence electrons. The molecule has 0 amide bonds. The fourth-order valence-corrected chi connectivity index (χ4v) is 1.10. The molecule has 0 fully saturated rings. The first-order valence-electron chi connectivity index (χ1n) is 4.31. The summed E-state index contributed by atoms with van der Waals surface area (Å²) in [6.45, 7) is 6.23. The Hall–Kier alpha value is -0.900. The first-order chi connectivity index (χ1) is 5.66. The number of nitrogens with zero attached hydrogens (tertiary/aromatic N) is 3. The van der Waals surface area contributed by atoms with Crippen LogP contribution in [0.1, 0.15) is 45.1 Å². The van der Waals surface area contributed by atoms with Gasteiger partial charge in [-0.05, 0) is 20.3 Å². The van der Waals surface area contributed by atoms with Gasteiger partial charge in [0.1, 0.15) is 12.2 Å². The molecule has 0 bridgehead atoms. The summed E-state index contributed by atoms with van der Waals surface area (Å²) < 4.78 is 2.01. The summed E-state index contributed by atoms with van der Waals surface area (Å²) in [6, 6.07) is 0.391. The van der Waals surface area contributed by atoms with Crippen molar-refractivity contribution in [3.05, 3.63) is 12.2 Å². The maximum Gasteiger partial charge on any atom is 0.149 e. The number of aromatic nitrogens is 3. The quantitative estimate of drug-likeness (QED) is 0.739. The van der Waals surface area contributed by atoms with Gasteiger partial charge in [-0.1, -0.05) is 6.92 Å². The first-order valence-corrected chi connectivity index (χ1v) is 4.31. The highest BCUT2D eigenvalue weighted by Crippen LogP contribution is 2.14. The molecule has 0 saturated carbocycles. The Kier molecular flexibility index (Phi) is 2.81. The van der Waals surface area contributed by atoms with E-state index in [1.165, 1.54) is 0 Å². The molecule has 12 heavy (non-hydrogen) atoms. The molecule has 1 aromatic heterocycles. The molecule has 1 heterocycles. The lowest BCUT2D eigenvalue weighted by Gasteiger charge is -2.13. The summed E-state index contributed by atoms with van der Waals surface area (Å²) in [4.78, 5) is 0. The van der Waals surface area contributed by atoms with Crippen molar-refractivity contribution in [2.75, 3.05) is 0 Å². The van der Waals surface area contributed by atoms with Crippen molar-refractivity contribution < 1.29 is 0 Å². The molecule has 4 heteroatoms. The fourth-order valence-electron chi connectivity index (χ4n) is 1.10. The Morgan fingerprint density at radius 3 is 2.75 bits per heavy atom. The third-order valence-electron chi connectivity index (χ3n) is 1.93. The summed E-state index contributed by atoms with van der Waals surface area (Å²) in [7, 11) is 0. The van der Waals surface area contributed by atoms with Crippen molar-refractivity contribution >= 4 is 0 Å². The number of hydrogen-bond donors (Lipinski definition) is 1. The van der Waals surface area contributed by atoms with Crippen LogP contribution in [0.25, 0.3) is 0 Å². The van der Waals surface area contributed by atoms with Crippen molar-refractivity contribution in [2.24, 2.45) is 5.73 Å². The molecular weight excluding hydrogens is 152 g/mol. The molecule has 0 aromatic carbocycles. The Balaban J connectivity index is 2.91. The van der Waals surface area contributed by atoms with Crippen LogP contribution in [-0.4, -0.2) is 14.8 Å². The standard InChI is InChI=1S/C8H16N4/c1-4-7(9)8-11-10-5-12(8)6(2)3/h5-7H,4,9H2,1-3H3. The van der Waals surface area contributed by atoms with Gasteiger partial charge in [-0.25, -0.2) is 0 Å². The molecular formula is C8H16N4. The highest BCUT2D eigenvalue weighted by atomic mass is 15.3. The Bertz CT molecular complexity index is 241. The van der Waals surface area contributed by atoms with E-state index in [0.717, 1.165) is 12.2 Å². The van der Waals surface area contributed by atoms with Gasteiger partial charge in [-0.3, -0.25) is 0 Å². The van der Waals surface area contributed by atoms with Gasteiger partial charge in [-0.15, -0.1) is 10.2 Å². The summed E-state index contributed by atoms with van der Waals surface area (Å²) in [5.74, 6) is 0.882. The monoisotopic (exact) mass is 168 g/mol. The Labute approximate surface area is 72.8 Å². The second-order valence-corrected chi connectivity index (χ2v) is 3.20. The number of hydrogen-bond acceptors (Lipinski definition) is 3. The lowest BCUT2D eigenvalue weighted by Crippen LogP contribution is -2.16. The van der Waals surface area contributed by atoms with Crippen molar-refractivity contribution in [3.63, 3.8) is 0 Å². The van der Waals surface area contributed by atoms with Crippen LogP contribution in [0.4, 0.5) is 0 Å². The van der Waals surface area contributed by atoms with Crippen LogP contribution in [0.3, 0.4) is 0 Å². The molecule has 0 aliphatic rings. The SMILES string of the molecule is CCC(N)c1nncn1C(C)C. The zero-order valence-corrected chi connectivity index (χ0v) is 7.86. The fraction of sp³-hybridized carbons (Fsp3) is 0.750. The summed E-state index contributed by atoms with van der Waals surface area (Å²) >= 11 is 0. The highest BCUT2D eigenvalue weighted by molar-refractivity contribution is 4.94. The predicted molar refractivity (Wildman–Crippen MR) is 47.6 cm³/mol. The largest absolute Gasteiger partial charge is 0.321 e. The van der Waals surface area contributed by atoms with E-state index in [1.54, 1.807) is 6.33 Å². The second kappa shape index (κ2) is 3.67. The maximum absolute atomic E-state index is 5.85. The van der Waals surface area contributed by atoms with E-state index >= 15 is 0 Å². The molecule has 0 aliphatic carbocycles. The number of nitrogens with two attached hydrogens (primary N) is 1. The third kappa shape index (κ3) is 1.64. The lowest BCUT2D eigenvalue weighted by atomic mass is 10.2. The van der Waals surface area contributed by atoms with Crippen molar-refractivity contribution in [1.82, 2.24) is 14.8 Å².